The predicted molar refractivity (Wildman–Crippen MR) is 101 cm³/mol. The first-order valence-corrected chi connectivity index (χ1v) is 9.28. The number of nitrogens with one attached hydrogen (secondary N) is 2. The van der Waals surface area contributed by atoms with Crippen LogP contribution in [0.5, 0.6) is 11.5 Å². The van der Waals surface area contributed by atoms with Crippen molar-refractivity contribution in [3.05, 3.63) is 18.2 Å². The van der Waals surface area contributed by atoms with Crippen LogP contribution in [0.2, 0.25) is 0 Å². The van der Waals surface area contributed by atoms with Crippen LogP contribution < -0.4 is 20.1 Å². The van der Waals surface area contributed by atoms with Gasteiger partial charge in [0.2, 0.25) is 0 Å². The highest BCUT2D eigenvalue weighted by Gasteiger charge is 2.15. The molecule has 6 heteroatoms. The van der Waals surface area contributed by atoms with E-state index in [-0.39, 0.29) is 0 Å². The lowest BCUT2D eigenvalue weighted by Crippen LogP contribution is -2.37. The van der Waals surface area contributed by atoms with Crippen molar-refractivity contribution in [2.45, 2.75) is 26.2 Å². The van der Waals surface area contributed by atoms with E-state index in [1.807, 2.05) is 18.2 Å². The number of piperidine rings is 1. The van der Waals surface area contributed by atoms with E-state index in [4.69, 9.17) is 21.7 Å². The van der Waals surface area contributed by atoms with Crippen molar-refractivity contribution in [3.8, 4) is 11.5 Å². The first kappa shape index (κ1) is 17.3. The molecule has 24 heavy (non-hydrogen) atoms. The lowest BCUT2D eigenvalue weighted by molar-refractivity contribution is 0.171. The normalized spacial score (nSPS) is 20.5. The minimum Gasteiger partial charge on any atom is -0.486 e. The second-order valence-electron chi connectivity index (χ2n) is 6.64. The van der Waals surface area contributed by atoms with Gasteiger partial charge >= 0.3 is 0 Å². The average Bonchev–Trinajstić information content (AvgIpc) is 2.59. The molecule has 0 amide bonds. The number of likely N-dealkylation sites (tertiary alicyclic amines) is 1. The smallest absolute Gasteiger partial charge is 0.170 e. The second kappa shape index (κ2) is 8.53. The maximum Gasteiger partial charge on any atom is 0.170 e. The van der Waals surface area contributed by atoms with Crippen molar-refractivity contribution in [3.63, 3.8) is 0 Å². The topological polar surface area (TPSA) is 45.8 Å². The number of rotatable bonds is 5. The number of ether oxygens (including phenoxy) is 2. The Hall–Kier alpha value is -1.53. The van der Waals surface area contributed by atoms with Crippen LogP contribution in [-0.4, -0.2) is 49.4 Å². The quantitative estimate of drug-likeness (QED) is 0.630. The lowest BCUT2D eigenvalue weighted by atomic mass is 10.0. The van der Waals surface area contributed by atoms with Gasteiger partial charge in [0.05, 0.1) is 0 Å². The highest BCUT2D eigenvalue weighted by Crippen LogP contribution is 2.32. The SMILES string of the molecule is C[C@@H]1CCCN(CCCNC(=S)Nc2ccc3c(c2)OCCO3)C1. The standard InChI is InChI=1S/C18H27N3O2S/c1-14-4-2-8-21(13-14)9-3-7-19-18(24)20-15-5-6-16-17(12-15)23-11-10-22-16/h5-6,12,14H,2-4,7-11,13H2,1H3,(H2,19,20,24)/t14-/m1/s1. The molecule has 1 aromatic carbocycles. The van der Waals surface area contributed by atoms with Crippen molar-refractivity contribution in [2.24, 2.45) is 5.92 Å². The van der Waals surface area contributed by atoms with E-state index in [1.165, 1.54) is 25.9 Å². The molecule has 1 fully saturated rings. The molecule has 0 bridgehead atoms. The second-order valence-corrected chi connectivity index (χ2v) is 7.05. The van der Waals surface area contributed by atoms with Crippen molar-refractivity contribution in [1.82, 2.24) is 10.2 Å². The molecular weight excluding hydrogens is 322 g/mol. The number of thiocarbonyl (C=S) groups is 1. The number of hydrogen-bond donors (Lipinski definition) is 2. The van der Waals surface area contributed by atoms with E-state index in [0.717, 1.165) is 42.6 Å². The van der Waals surface area contributed by atoms with Gasteiger partial charge in [-0.3, -0.25) is 0 Å². The summed E-state index contributed by atoms with van der Waals surface area (Å²) in [5, 5.41) is 7.14. The molecule has 2 heterocycles. The third kappa shape index (κ3) is 4.98. The third-order valence-corrected chi connectivity index (χ3v) is 4.72. The van der Waals surface area contributed by atoms with Crippen molar-refractivity contribution >= 4 is 23.0 Å². The largest absolute Gasteiger partial charge is 0.486 e. The van der Waals surface area contributed by atoms with Gasteiger partial charge < -0.3 is 25.0 Å². The lowest BCUT2D eigenvalue weighted by Gasteiger charge is -2.30. The number of anilines is 1. The molecule has 0 aromatic heterocycles. The summed E-state index contributed by atoms with van der Waals surface area (Å²) in [6, 6.07) is 5.80. The fourth-order valence-electron chi connectivity index (χ4n) is 3.29. The van der Waals surface area contributed by atoms with Gasteiger partial charge in [-0.15, -0.1) is 0 Å². The molecule has 0 aliphatic carbocycles. The molecule has 1 saturated heterocycles. The Kier molecular flexibility index (Phi) is 6.15. The maximum absolute atomic E-state index is 5.59. The molecule has 3 rings (SSSR count). The Morgan fingerprint density at radius 2 is 2.12 bits per heavy atom. The van der Waals surface area contributed by atoms with E-state index in [1.54, 1.807) is 0 Å². The Morgan fingerprint density at radius 3 is 2.96 bits per heavy atom. The van der Waals surface area contributed by atoms with Crippen LogP contribution in [0, 0.1) is 5.92 Å². The minimum atomic E-state index is 0.592. The molecule has 2 aliphatic heterocycles. The average molecular weight is 350 g/mol. The molecule has 1 aromatic rings. The highest BCUT2D eigenvalue weighted by atomic mass is 32.1. The summed E-state index contributed by atoms with van der Waals surface area (Å²) in [4.78, 5) is 2.56. The summed E-state index contributed by atoms with van der Waals surface area (Å²) >= 11 is 5.37. The molecule has 1 atom stereocenters. The van der Waals surface area contributed by atoms with E-state index in [0.29, 0.717) is 18.3 Å². The monoisotopic (exact) mass is 349 g/mol. The van der Waals surface area contributed by atoms with E-state index in [2.05, 4.69) is 22.5 Å². The number of fused-ring (bicyclic) bond motifs is 1. The molecule has 0 spiro atoms. The van der Waals surface area contributed by atoms with Crippen LogP contribution in [0.3, 0.4) is 0 Å². The van der Waals surface area contributed by atoms with Gasteiger partial charge in [-0.2, -0.15) is 0 Å². The van der Waals surface area contributed by atoms with E-state index < -0.39 is 0 Å². The maximum atomic E-state index is 5.59. The van der Waals surface area contributed by atoms with Crippen molar-refractivity contribution < 1.29 is 9.47 Å². The summed E-state index contributed by atoms with van der Waals surface area (Å²) in [5.74, 6) is 2.40. The van der Waals surface area contributed by atoms with Crippen LogP contribution in [0.4, 0.5) is 5.69 Å². The van der Waals surface area contributed by atoms with Gasteiger partial charge in [0.15, 0.2) is 16.6 Å². The predicted octanol–water partition coefficient (Wildman–Crippen LogP) is 2.87. The fraction of sp³-hybridized carbons (Fsp3) is 0.611. The van der Waals surface area contributed by atoms with Crippen molar-refractivity contribution in [1.29, 1.82) is 0 Å². The van der Waals surface area contributed by atoms with Crippen LogP contribution in [0.15, 0.2) is 18.2 Å². The van der Waals surface area contributed by atoms with Gasteiger partial charge in [-0.1, -0.05) is 6.92 Å². The fourth-order valence-corrected chi connectivity index (χ4v) is 3.51. The summed E-state index contributed by atoms with van der Waals surface area (Å²) in [6.07, 6.45) is 3.81. The molecule has 0 radical (unpaired) electrons. The molecular formula is C18H27N3O2S. The van der Waals surface area contributed by atoms with Crippen LogP contribution in [0.1, 0.15) is 26.2 Å². The molecule has 0 unspecified atom stereocenters. The van der Waals surface area contributed by atoms with Gasteiger partial charge in [0, 0.05) is 24.8 Å². The zero-order valence-corrected chi connectivity index (χ0v) is 15.2. The van der Waals surface area contributed by atoms with Crippen molar-refractivity contribution in [2.75, 3.05) is 44.7 Å². The van der Waals surface area contributed by atoms with Crippen LogP contribution in [-0.2, 0) is 0 Å². The van der Waals surface area contributed by atoms with E-state index in [9.17, 15) is 0 Å². The van der Waals surface area contributed by atoms with Gasteiger partial charge in [-0.25, -0.2) is 0 Å². The number of hydrogen-bond acceptors (Lipinski definition) is 4. The molecule has 2 N–H and O–H groups in total. The molecule has 0 saturated carbocycles. The summed E-state index contributed by atoms with van der Waals surface area (Å²) in [7, 11) is 0. The number of nitrogens with zero attached hydrogens (tertiary/aromatic N) is 1. The minimum absolute atomic E-state index is 0.592. The summed E-state index contributed by atoms with van der Waals surface area (Å²) < 4.78 is 11.1. The van der Waals surface area contributed by atoms with Crippen LogP contribution >= 0.6 is 12.2 Å². The number of benzene rings is 1. The first-order valence-electron chi connectivity index (χ1n) is 8.87. The Bertz CT molecular complexity index is 567. The third-order valence-electron chi connectivity index (χ3n) is 4.48. The highest BCUT2D eigenvalue weighted by molar-refractivity contribution is 7.80. The van der Waals surface area contributed by atoms with Gasteiger partial charge in [0.25, 0.3) is 0 Å². The Balaban J connectivity index is 1.36. The van der Waals surface area contributed by atoms with E-state index >= 15 is 0 Å². The molecule has 2 aliphatic rings. The zero-order chi connectivity index (χ0) is 16.8. The Morgan fingerprint density at radius 1 is 1.29 bits per heavy atom. The summed E-state index contributed by atoms with van der Waals surface area (Å²) in [6.45, 7) is 8.05. The zero-order valence-electron chi connectivity index (χ0n) is 14.3. The first-order chi connectivity index (χ1) is 11.7. The van der Waals surface area contributed by atoms with Crippen LogP contribution in [0.25, 0.3) is 0 Å². The summed E-state index contributed by atoms with van der Waals surface area (Å²) in [5.41, 5.74) is 0.918. The van der Waals surface area contributed by atoms with Gasteiger partial charge in [0.1, 0.15) is 13.2 Å². The molecule has 5 nitrogen and oxygen atoms in total. The van der Waals surface area contributed by atoms with Gasteiger partial charge in [-0.05, 0) is 62.6 Å². The molecule has 132 valence electrons. The Labute approximate surface area is 149 Å².